The molecule has 4 heteroatoms. The molecule has 1 aliphatic heterocycles. The average molecular weight is 376 g/mol. The summed E-state index contributed by atoms with van der Waals surface area (Å²) < 4.78 is 0. The summed E-state index contributed by atoms with van der Waals surface area (Å²) in [6.07, 6.45) is 2.49. The zero-order valence-corrected chi connectivity index (χ0v) is 17.0. The Hall–Kier alpha value is -2.80. The second-order valence-corrected chi connectivity index (χ2v) is 8.73. The number of primary amides is 1. The molecule has 1 heterocycles. The number of carbonyl (C=O) groups is 1. The summed E-state index contributed by atoms with van der Waals surface area (Å²) in [5.74, 6) is -0.431. The molecular formula is C24H29N3O. The van der Waals surface area contributed by atoms with Crippen LogP contribution in [0.25, 0.3) is 0 Å². The van der Waals surface area contributed by atoms with Crippen LogP contribution in [0.1, 0.15) is 50.3 Å². The first-order valence-corrected chi connectivity index (χ1v) is 9.95. The van der Waals surface area contributed by atoms with Crippen LogP contribution in [0.5, 0.6) is 0 Å². The summed E-state index contributed by atoms with van der Waals surface area (Å²) in [6, 6.07) is 18.5. The topological polar surface area (TPSA) is 70.1 Å². The number of piperidine rings is 1. The van der Waals surface area contributed by atoms with Gasteiger partial charge in [0.2, 0.25) is 5.91 Å². The van der Waals surface area contributed by atoms with Crippen molar-refractivity contribution in [3.8, 4) is 6.07 Å². The lowest BCUT2D eigenvalue weighted by molar-refractivity contribution is -0.123. The molecule has 3 rings (SSSR count). The van der Waals surface area contributed by atoms with Crippen molar-refractivity contribution in [2.24, 2.45) is 11.7 Å². The van der Waals surface area contributed by atoms with Crippen LogP contribution in [0, 0.1) is 17.2 Å². The highest BCUT2D eigenvalue weighted by molar-refractivity contribution is 5.78. The van der Waals surface area contributed by atoms with E-state index in [1.54, 1.807) is 6.07 Å². The van der Waals surface area contributed by atoms with Crippen LogP contribution in [0.3, 0.4) is 0 Å². The lowest BCUT2D eigenvalue weighted by atomic mass is 9.83. The predicted molar refractivity (Wildman–Crippen MR) is 113 cm³/mol. The number of benzene rings is 2. The number of nitrogens with zero attached hydrogens (tertiary/aromatic N) is 2. The molecule has 2 aromatic carbocycles. The molecule has 1 amide bonds. The Morgan fingerprint density at radius 1 is 1.21 bits per heavy atom. The van der Waals surface area contributed by atoms with Gasteiger partial charge in [-0.2, -0.15) is 5.26 Å². The summed E-state index contributed by atoms with van der Waals surface area (Å²) in [7, 11) is 0. The number of nitriles is 1. The van der Waals surface area contributed by atoms with Crippen molar-refractivity contribution in [2.45, 2.75) is 51.5 Å². The molecule has 4 nitrogen and oxygen atoms in total. The highest BCUT2D eigenvalue weighted by Gasteiger charge is 2.35. The van der Waals surface area contributed by atoms with Crippen LogP contribution in [0.15, 0.2) is 48.5 Å². The van der Waals surface area contributed by atoms with E-state index in [-0.39, 0.29) is 23.3 Å². The second kappa shape index (κ2) is 8.06. The molecule has 0 radical (unpaired) electrons. The maximum absolute atomic E-state index is 12.2. The minimum Gasteiger partial charge on any atom is -0.369 e. The standard InChI is InChI=1S/C24H29N3O/c1-24(2,3)19-11-9-17(10-12-19)15-22-21(23(26)28)8-5-13-27(22)20-7-4-6-18(14-20)16-25/h4,6-7,9-12,14,21-22H,5,8,13,15H2,1-3H3,(H2,26,28). The Labute approximate surface area is 168 Å². The smallest absolute Gasteiger partial charge is 0.222 e. The molecular weight excluding hydrogens is 346 g/mol. The number of amides is 1. The molecule has 0 spiro atoms. The number of hydrogen-bond donors (Lipinski definition) is 1. The normalized spacial score (nSPS) is 19.9. The van der Waals surface area contributed by atoms with E-state index >= 15 is 0 Å². The van der Waals surface area contributed by atoms with E-state index in [0.29, 0.717) is 5.56 Å². The van der Waals surface area contributed by atoms with Crippen LogP contribution >= 0.6 is 0 Å². The molecule has 28 heavy (non-hydrogen) atoms. The third-order valence-electron chi connectivity index (χ3n) is 5.72. The van der Waals surface area contributed by atoms with Crippen molar-refractivity contribution in [1.82, 2.24) is 0 Å². The van der Waals surface area contributed by atoms with Crippen molar-refractivity contribution < 1.29 is 4.79 Å². The Balaban J connectivity index is 1.91. The molecule has 0 saturated carbocycles. The third-order valence-corrected chi connectivity index (χ3v) is 5.72. The van der Waals surface area contributed by atoms with Gasteiger partial charge in [0, 0.05) is 18.3 Å². The Bertz CT molecular complexity index is 874. The van der Waals surface area contributed by atoms with E-state index in [4.69, 9.17) is 5.73 Å². The van der Waals surface area contributed by atoms with Crippen molar-refractivity contribution in [3.05, 3.63) is 65.2 Å². The molecule has 146 valence electrons. The van der Waals surface area contributed by atoms with Crippen LogP contribution in [0.2, 0.25) is 0 Å². The molecule has 2 unspecified atom stereocenters. The van der Waals surface area contributed by atoms with Gasteiger partial charge in [0.15, 0.2) is 0 Å². The maximum atomic E-state index is 12.2. The van der Waals surface area contributed by atoms with Crippen LogP contribution < -0.4 is 10.6 Å². The Kier molecular flexibility index (Phi) is 5.74. The maximum Gasteiger partial charge on any atom is 0.222 e. The highest BCUT2D eigenvalue weighted by atomic mass is 16.1. The Morgan fingerprint density at radius 2 is 1.93 bits per heavy atom. The largest absolute Gasteiger partial charge is 0.369 e. The van der Waals surface area contributed by atoms with E-state index in [2.05, 4.69) is 56.0 Å². The van der Waals surface area contributed by atoms with Gasteiger partial charge in [0.25, 0.3) is 0 Å². The van der Waals surface area contributed by atoms with E-state index in [1.807, 2.05) is 18.2 Å². The lowest BCUT2D eigenvalue weighted by Crippen LogP contribution is -2.51. The molecule has 0 aromatic heterocycles. The number of nitrogens with two attached hydrogens (primary N) is 1. The predicted octanol–water partition coefficient (Wildman–Crippen LogP) is 4.17. The van der Waals surface area contributed by atoms with Crippen molar-refractivity contribution in [3.63, 3.8) is 0 Å². The third kappa shape index (κ3) is 4.36. The highest BCUT2D eigenvalue weighted by Crippen LogP contribution is 2.32. The van der Waals surface area contributed by atoms with Crippen LogP contribution in [0.4, 0.5) is 5.69 Å². The summed E-state index contributed by atoms with van der Waals surface area (Å²) in [5.41, 5.74) is 10.0. The monoisotopic (exact) mass is 375 g/mol. The first-order valence-electron chi connectivity index (χ1n) is 9.95. The number of anilines is 1. The molecule has 1 aliphatic rings. The van der Waals surface area contributed by atoms with Crippen molar-refractivity contribution in [2.75, 3.05) is 11.4 Å². The van der Waals surface area contributed by atoms with Crippen molar-refractivity contribution in [1.29, 1.82) is 5.26 Å². The molecule has 0 aliphatic carbocycles. The van der Waals surface area contributed by atoms with Gasteiger partial charge in [0.05, 0.1) is 17.6 Å². The fourth-order valence-corrected chi connectivity index (χ4v) is 4.10. The van der Waals surface area contributed by atoms with Gasteiger partial charge in [-0.25, -0.2) is 0 Å². The van der Waals surface area contributed by atoms with E-state index in [1.165, 1.54) is 11.1 Å². The molecule has 0 bridgehead atoms. The zero-order chi connectivity index (χ0) is 20.3. The van der Waals surface area contributed by atoms with Gasteiger partial charge in [-0.1, -0.05) is 51.1 Å². The van der Waals surface area contributed by atoms with Gasteiger partial charge in [-0.05, 0) is 54.0 Å². The van der Waals surface area contributed by atoms with Gasteiger partial charge >= 0.3 is 0 Å². The van der Waals surface area contributed by atoms with Gasteiger partial charge in [-0.15, -0.1) is 0 Å². The van der Waals surface area contributed by atoms with Crippen LogP contribution in [-0.4, -0.2) is 18.5 Å². The molecule has 1 saturated heterocycles. The summed E-state index contributed by atoms with van der Waals surface area (Å²) in [4.78, 5) is 14.4. The minimum absolute atomic E-state index is 0.000629. The van der Waals surface area contributed by atoms with E-state index in [9.17, 15) is 10.1 Å². The van der Waals surface area contributed by atoms with Gasteiger partial charge < -0.3 is 10.6 Å². The molecule has 2 N–H and O–H groups in total. The van der Waals surface area contributed by atoms with Crippen molar-refractivity contribution >= 4 is 11.6 Å². The summed E-state index contributed by atoms with van der Waals surface area (Å²) in [6.45, 7) is 7.48. The molecule has 2 atom stereocenters. The second-order valence-electron chi connectivity index (χ2n) is 8.73. The molecule has 2 aromatic rings. The first-order chi connectivity index (χ1) is 13.3. The fraction of sp³-hybridized carbons (Fsp3) is 0.417. The number of hydrogen-bond acceptors (Lipinski definition) is 3. The average Bonchev–Trinajstić information content (AvgIpc) is 2.67. The lowest BCUT2D eigenvalue weighted by Gasteiger charge is -2.42. The van der Waals surface area contributed by atoms with Crippen LogP contribution in [-0.2, 0) is 16.6 Å². The summed E-state index contributed by atoms with van der Waals surface area (Å²) in [5, 5.41) is 9.25. The Morgan fingerprint density at radius 3 is 2.54 bits per heavy atom. The van der Waals surface area contributed by atoms with E-state index < -0.39 is 0 Å². The molecule has 1 fully saturated rings. The number of carbonyl (C=O) groups excluding carboxylic acids is 1. The van der Waals surface area contributed by atoms with Gasteiger partial charge in [0.1, 0.15) is 0 Å². The minimum atomic E-state index is -0.238. The van der Waals surface area contributed by atoms with Gasteiger partial charge in [-0.3, -0.25) is 4.79 Å². The fourth-order valence-electron chi connectivity index (χ4n) is 4.10. The first kappa shape index (κ1) is 19.9. The number of rotatable bonds is 4. The quantitative estimate of drug-likeness (QED) is 0.872. The SMILES string of the molecule is CC(C)(C)c1ccc(CC2C(C(N)=O)CCCN2c2cccc(C#N)c2)cc1. The zero-order valence-electron chi connectivity index (χ0n) is 17.0. The summed E-state index contributed by atoms with van der Waals surface area (Å²) >= 11 is 0. The van der Waals surface area contributed by atoms with E-state index in [0.717, 1.165) is 31.5 Å².